The van der Waals surface area contributed by atoms with E-state index in [9.17, 15) is 14.2 Å². The van der Waals surface area contributed by atoms with Crippen molar-refractivity contribution in [1.82, 2.24) is 0 Å². The van der Waals surface area contributed by atoms with Gasteiger partial charge in [0.25, 0.3) is 0 Å². The smallest absolute Gasteiger partial charge is 0.462 e. The molecule has 0 aromatic heterocycles. The first-order valence-corrected chi connectivity index (χ1v) is 20.8. The maximum absolute atomic E-state index is 12.3. The van der Waals surface area contributed by atoms with Crippen molar-refractivity contribution in [2.75, 3.05) is 13.2 Å². The lowest BCUT2D eigenvalue weighted by molar-refractivity contribution is -0.161. The predicted molar refractivity (Wildman–Crippen MR) is 207 cm³/mol. The van der Waals surface area contributed by atoms with Crippen LogP contribution in [0.5, 0.6) is 0 Å². The Labute approximate surface area is 304 Å². The van der Waals surface area contributed by atoms with Crippen LogP contribution < -0.4 is 0 Å². The quantitative estimate of drug-likeness (QED) is 0.0292. The van der Waals surface area contributed by atoms with Gasteiger partial charge in [-0.25, -0.2) is 4.57 Å². The van der Waals surface area contributed by atoms with Gasteiger partial charge < -0.3 is 19.3 Å². The number of esters is 2. The Morgan fingerprint density at radius 2 is 0.940 bits per heavy atom. The molecular weight excluding hydrogens is 651 g/mol. The summed E-state index contributed by atoms with van der Waals surface area (Å²) in [6, 6.07) is 0. The van der Waals surface area contributed by atoms with Gasteiger partial charge in [0.1, 0.15) is 6.61 Å². The van der Waals surface area contributed by atoms with Crippen LogP contribution in [-0.4, -0.2) is 41.0 Å². The molecule has 0 spiro atoms. The minimum atomic E-state index is -4.77. The topological polar surface area (TPSA) is 119 Å². The number of phosphoric ester groups is 1. The average molecular weight is 721 g/mol. The summed E-state index contributed by atoms with van der Waals surface area (Å²) in [4.78, 5) is 42.7. The maximum Gasteiger partial charge on any atom is 0.469 e. The summed E-state index contributed by atoms with van der Waals surface area (Å²) >= 11 is 0. The van der Waals surface area contributed by atoms with E-state index in [0.717, 1.165) is 64.2 Å². The fourth-order valence-corrected chi connectivity index (χ4v) is 5.18. The molecule has 0 saturated carbocycles. The molecule has 0 aliphatic heterocycles. The minimum absolute atomic E-state index is 0.139. The Bertz CT molecular complexity index is 1040. The first kappa shape index (κ1) is 47.5. The van der Waals surface area contributed by atoms with Crippen LogP contribution >= 0.6 is 7.82 Å². The molecule has 0 bridgehead atoms. The molecule has 1 atom stereocenters. The van der Waals surface area contributed by atoms with E-state index in [1.807, 2.05) is 12.2 Å². The molecule has 0 radical (unpaired) electrons. The van der Waals surface area contributed by atoms with Crippen LogP contribution in [0.4, 0.5) is 0 Å². The fraction of sp³-hybridized carbons (Fsp3) is 0.659. The van der Waals surface area contributed by atoms with Crippen molar-refractivity contribution in [3.8, 4) is 0 Å². The third-order valence-electron chi connectivity index (χ3n) is 7.71. The molecule has 0 saturated heterocycles. The van der Waals surface area contributed by atoms with Crippen LogP contribution in [0, 0.1) is 0 Å². The van der Waals surface area contributed by atoms with Gasteiger partial charge in [0.05, 0.1) is 6.61 Å². The van der Waals surface area contributed by atoms with Crippen LogP contribution in [0.1, 0.15) is 155 Å². The number of unbranched alkanes of at least 4 members (excludes halogenated alkanes) is 12. The summed E-state index contributed by atoms with van der Waals surface area (Å²) in [6.07, 6.45) is 46.3. The Balaban J connectivity index is 4.12. The second kappa shape index (κ2) is 36.3. The number of carbonyl (C=O) groups is 2. The minimum Gasteiger partial charge on any atom is -0.462 e. The maximum atomic E-state index is 12.3. The molecule has 50 heavy (non-hydrogen) atoms. The second-order valence-corrected chi connectivity index (χ2v) is 13.8. The van der Waals surface area contributed by atoms with Crippen LogP contribution in [0.25, 0.3) is 0 Å². The number of allylic oxidation sites excluding steroid dienone is 12. The van der Waals surface area contributed by atoms with Crippen molar-refractivity contribution in [2.45, 2.75) is 161 Å². The highest BCUT2D eigenvalue weighted by Gasteiger charge is 2.22. The van der Waals surface area contributed by atoms with Gasteiger partial charge in [0.2, 0.25) is 0 Å². The van der Waals surface area contributed by atoms with E-state index >= 15 is 0 Å². The van der Waals surface area contributed by atoms with Crippen LogP contribution in [0.3, 0.4) is 0 Å². The second-order valence-electron chi connectivity index (χ2n) is 12.5. The van der Waals surface area contributed by atoms with Gasteiger partial charge in [-0.15, -0.1) is 0 Å². The van der Waals surface area contributed by atoms with Gasteiger partial charge >= 0.3 is 19.8 Å². The summed E-state index contributed by atoms with van der Waals surface area (Å²) in [7, 11) is -4.77. The SMILES string of the molecule is CCCCC/C=C\C/C=C\C/C=C\C/C=C\C/C=C\CCC(=O)OC[C@H](COP(=O)(O)O)OC(=O)CCCCCCC/C=C\CCCCCC. The summed E-state index contributed by atoms with van der Waals surface area (Å²) < 4.78 is 26.2. The summed E-state index contributed by atoms with van der Waals surface area (Å²) in [5, 5.41) is 0. The molecule has 2 N–H and O–H groups in total. The van der Waals surface area contributed by atoms with Gasteiger partial charge in [-0.1, -0.05) is 138 Å². The van der Waals surface area contributed by atoms with Crippen LogP contribution in [0.15, 0.2) is 72.9 Å². The molecule has 0 rings (SSSR count). The van der Waals surface area contributed by atoms with Crippen molar-refractivity contribution in [2.24, 2.45) is 0 Å². The van der Waals surface area contributed by atoms with E-state index in [4.69, 9.17) is 19.3 Å². The van der Waals surface area contributed by atoms with Crippen molar-refractivity contribution in [3.63, 3.8) is 0 Å². The van der Waals surface area contributed by atoms with Crippen molar-refractivity contribution >= 4 is 19.8 Å². The van der Waals surface area contributed by atoms with E-state index in [2.05, 4.69) is 79.1 Å². The summed E-state index contributed by atoms with van der Waals surface area (Å²) in [5.41, 5.74) is 0. The Morgan fingerprint density at radius 1 is 0.520 bits per heavy atom. The predicted octanol–water partition coefficient (Wildman–Crippen LogP) is 11.5. The molecule has 0 aliphatic rings. The lowest BCUT2D eigenvalue weighted by Crippen LogP contribution is -2.29. The fourth-order valence-electron chi connectivity index (χ4n) is 4.82. The molecule has 9 heteroatoms. The highest BCUT2D eigenvalue weighted by atomic mass is 31.2. The van der Waals surface area contributed by atoms with E-state index in [1.165, 1.54) is 51.4 Å². The van der Waals surface area contributed by atoms with Gasteiger partial charge in [0.15, 0.2) is 6.10 Å². The zero-order valence-corrected chi connectivity index (χ0v) is 32.2. The molecule has 0 fully saturated rings. The zero-order valence-electron chi connectivity index (χ0n) is 31.3. The number of hydrogen-bond donors (Lipinski definition) is 2. The molecule has 0 aromatic carbocycles. The van der Waals surface area contributed by atoms with Crippen LogP contribution in [0.2, 0.25) is 0 Å². The number of carbonyl (C=O) groups excluding carboxylic acids is 2. The van der Waals surface area contributed by atoms with E-state index in [-0.39, 0.29) is 19.4 Å². The molecule has 0 aromatic rings. The number of rotatable bonds is 34. The summed E-state index contributed by atoms with van der Waals surface area (Å²) in [6.45, 7) is 3.55. The zero-order chi connectivity index (χ0) is 36.8. The summed E-state index contributed by atoms with van der Waals surface area (Å²) in [5.74, 6) is -0.998. The standard InChI is InChI=1S/C41H69O8P/c1-3-5-7-9-11-13-15-17-18-19-20-21-22-24-25-27-29-31-33-35-40(42)47-37-39(38-48-50(44,45)46)49-41(43)36-34-32-30-28-26-23-16-14-12-10-8-6-4-2/h11,13-14,16-18,20-21,24-25,29,31,39H,3-10,12,15,19,22-23,26-28,30,32-38H2,1-2H3,(H2,44,45,46)/b13-11-,16-14-,18-17-,21-20-,25-24-,31-29-/t39-/m1/s1. The molecule has 0 unspecified atom stereocenters. The number of ether oxygens (including phenoxy) is 2. The molecule has 8 nitrogen and oxygen atoms in total. The first-order valence-electron chi connectivity index (χ1n) is 19.2. The van der Waals surface area contributed by atoms with Gasteiger partial charge in [-0.2, -0.15) is 0 Å². The molecular formula is C41H69O8P. The third-order valence-corrected chi connectivity index (χ3v) is 8.20. The number of phosphoric acid groups is 1. The van der Waals surface area contributed by atoms with Gasteiger partial charge in [-0.3, -0.25) is 14.1 Å². The third kappa shape index (κ3) is 38.3. The molecule has 0 heterocycles. The molecule has 286 valence electrons. The Kier molecular flexibility index (Phi) is 34.5. The molecule has 0 aliphatic carbocycles. The van der Waals surface area contributed by atoms with E-state index < -0.39 is 32.5 Å². The van der Waals surface area contributed by atoms with Crippen molar-refractivity contribution in [3.05, 3.63) is 72.9 Å². The highest BCUT2D eigenvalue weighted by Crippen LogP contribution is 2.35. The first-order chi connectivity index (χ1) is 24.3. The highest BCUT2D eigenvalue weighted by molar-refractivity contribution is 7.46. The Morgan fingerprint density at radius 3 is 1.48 bits per heavy atom. The van der Waals surface area contributed by atoms with Gasteiger partial charge in [0, 0.05) is 12.8 Å². The van der Waals surface area contributed by atoms with Crippen LogP contribution in [-0.2, 0) is 28.2 Å². The molecule has 0 amide bonds. The van der Waals surface area contributed by atoms with Crippen molar-refractivity contribution in [1.29, 1.82) is 0 Å². The lowest BCUT2D eigenvalue weighted by atomic mass is 10.1. The van der Waals surface area contributed by atoms with E-state index in [0.29, 0.717) is 12.8 Å². The van der Waals surface area contributed by atoms with Gasteiger partial charge in [-0.05, 0) is 77.0 Å². The number of hydrogen-bond acceptors (Lipinski definition) is 6. The average Bonchev–Trinajstić information content (AvgIpc) is 3.08. The Hall–Kier alpha value is -2.51. The normalized spacial score (nSPS) is 13.3. The largest absolute Gasteiger partial charge is 0.469 e. The lowest BCUT2D eigenvalue weighted by Gasteiger charge is -2.18. The van der Waals surface area contributed by atoms with Crippen molar-refractivity contribution < 1.29 is 37.9 Å². The monoisotopic (exact) mass is 720 g/mol. The van der Waals surface area contributed by atoms with E-state index in [1.54, 1.807) is 0 Å².